The van der Waals surface area contributed by atoms with Crippen molar-refractivity contribution in [2.75, 3.05) is 59.5 Å². The smallest absolute Gasteiger partial charge is 0.339 e. The van der Waals surface area contributed by atoms with Crippen molar-refractivity contribution >= 4 is 460 Å². The first kappa shape index (κ1) is 90.6. The second-order valence-electron chi connectivity index (χ2n) is 22.2. The highest BCUT2D eigenvalue weighted by molar-refractivity contribution is 14.1. The van der Waals surface area contributed by atoms with Gasteiger partial charge in [0.05, 0.1) is 38.8 Å². The van der Waals surface area contributed by atoms with Crippen LogP contribution < -0.4 is 0 Å². The van der Waals surface area contributed by atoms with Crippen molar-refractivity contribution in [1.29, 1.82) is 0 Å². The van der Waals surface area contributed by atoms with Gasteiger partial charge in [-0.1, -0.05) is 0 Å². The molecule has 0 atom stereocenters. The van der Waals surface area contributed by atoms with E-state index in [1.165, 1.54) is 27.7 Å². The number of hydrogen-bond donors (Lipinski definition) is 0. The van der Waals surface area contributed by atoms with Crippen LogP contribution in [0.4, 0.5) is 0 Å². The topological polar surface area (TPSA) is 237 Å². The quantitative estimate of drug-likeness (QED) is 0.0202. The van der Waals surface area contributed by atoms with E-state index in [2.05, 4.69) is 271 Å². The fourth-order valence-electron chi connectivity index (χ4n) is 7.74. The highest BCUT2D eigenvalue weighted by Crippen LogP contribution is 2.35. The molecule has 0 saturated heterocycles. The van der Waals surface area contributed by atoms with Crippen molar-refractivity contribution in [2.45, 2.75) is 27.7 Å². The Morgan fingerprint density at radius 1 is 0.214 bits per heavy atom. The summed E-state index contributed by atoms with van der Waals surface area (Å²) in [5, 5.41) is 0. The minimum Gasteiger partial charge on any atom is -0.464 e. The molecule has 0 aromatic heterocycles. The van der Waals surface area contributed by atoms with Gasteiger partial charge < -0.3 is 42.6 Å². The summed E-state index contributed by atoms with van der Waals surface area (Å²) in [5.41, 5.74) is -6.43. The molecule has 0 N–H and O–H groups in total. The molecule has 6 aromatic rings. The molecule has 18 nitrogen and oxygen atoms in total. The van der Waals surface area contributed by atoms with Crippen LogP contribution in [0.1, 0.15) is 89.8 Å². The molecule has 98 heavy (non-hydrogen) atoms. The molecule has 524 valence electrons. The monoisotopic (exact) mass is 3360 g/mol. The molecular formula is C62H42I18O18. The Hall–Kier alpha value is 3.69. The number of esters is 9. The first-order valence-electron chi connectivity index (χ1n) is 27.0. The average molecular weight is 3360 g/mol. The molecular weight excluding hydrogens is 3320 g/mol. The lowest BCUT2D eigenvalue weighted by Gasteiger charge is -2.34. The predicted octanol–water partition coefficient (Wildman–Crippen LogP) is 19.7. The predicted molar refractivity (Wildman–Crippen MR) is 515 cm³/mol. The van der Waals surface area contributed by atoms with Crippen LogP contribution in [0.2, 0.25) is 0 Å². The normalized spacial score (nSPS) is 11.7. The molecule has 0 unspecified atom stereocenters. The van der Waals surface area contributed by atoms with Crippen LogP contribution in [0.5, 0.6) is 0 Å². The van der Waals surface area contributed by atoms with Crippen LogP contribution in [0.3, 0.4) is 0 Å². The number of carbonyl (C=O) groups excluding carboxylic acids is 9. The van der Waals surface area contributed by atoms with Crippen molar-refractivity contribution in [3.8, 4) is 0 Å². The summed E-state index contributed by atoms with van der Waals surface area (Å²) in [4.78, 5) is 129. The first-order valence-corrected chi connectivity index (χ1v) is 46.5. The second-order valence-corrected chi connectivity index (χ2v) is 43.1. The van der Waals surface area contributed by atoms with E-state index in [0.717, 1.165) is 42.8 Å². The Bertz CT molecular complexity index is 3550. The van der Waals surface area contributed by atoms with Crippen LogP contribution in [0, 0.1) is 85.9 Å². The van der Waals surface area contributed by atoms with E-state index in [0.29, 0.717) is 21.4 Å². The molecule has 0 amide bonds. The summed E-state index contributed by atoms with van der Waals surface area (Å²) in [5.74, 6) is -8.00. The fraction of sp³-hybridized carbons (Fsp3) is 0.274. The van der Waals surface area contributed by atoms with Gasteiger partial charge in [0.15, 0.2) is 0 Å². The van der Waals surface area contributed by atoms with Crippen molar-refractivity contribution < 1.29 is 85.8 Å². The molecule has 0 bridgehead atoms. The molecule has 36 heteroatoms. The summed E-state index contributed by atoms with van der Waals surface area (Å²) < 4.78 is 66.8. The third-order valence-electron chi connectivity index (χ3n) is 13.6. The number of rotatable bonds is 27. The van der Waals surface area contributed by atoms with Gasteiger partial charge in [-0.15, -0.1) is 0 Å². The summed E-state index contributed by atoms with van der Waals surface area (Å²) in [6.07, 6.45) is 0. The van der Waals surface area contributed by atoms with Gasteiger partial charge in [-0.3, -0.25) is 14.4 Å². The SMILES string of the molecule is CC(COC(=O)C(C)(COC(=O)c1cc(I)c(I)cc1I)COC(=O)c1cc(I)c(I)cc1I)(COC(=O)C(C)(COC(=O)c1cc(I)c(I)cc1I)COC(=O)c1cc(I)c(I)cc1I)COC(=O)C(C)(COC(=O)c1cc(I)c(I)cc1I)COC(=O)c1cc(I)c(I)cc1I. The van der Waals surface area contributed by atoms with Gasteiger partial charge in [0.2, 0.25) is 0 Å². The largest absolute Gasteiger partial charge is 0.464 e. The summed E-state index contributed by atoms with van der Waals surface area (Å²) >= 11 is 37.4. The molecule has 0 aliphatic carbocycles. The standard InChI is InChI=1S/C62H42I18O18/c1-59(17-96-56(87)60(2,20-90-50(81)26-5-38(69)44(75)11-32(26)63)21-91-51(82)27-6-39(70)45(76)12-33(27)64,18-97-57(88)61(3,22-92-52(83)28-7-40(71)46(77)13-34(28)65)23-93-53(84)29-8-41(72)47(78)14-35(29)66)19-98-58(89)62(4,24-94-54(85)30-9-42(73)48(79)15-36(30)67)25-95-55(86)31-10-43(74)49(80)16-37(31)68/h5-16H,17-25H2,1-4H3. The zero-order valence-electron chi connectivity index (χ0n) is 49.9. The molecule has 0 saturated carbocycles. The molecule has 0 fully saturated rings. The number of benzene rings is 6. The van der Waals surface area contributed by atoms with E-state index in [9.17, 15) is 28.8 Å². The lowest BCUT2D eigenvalue weighted by atomic mass is 9.90. The zero-order chi connectivity index (χ0) is 73.3. The van der Waals surface area contributed by atoms with Gasteiger partial charge >= 0.3 is 53.7 Å². The molecule has 0 radical (unpaired) electrons. The maximum Gasteiger partial charge on any atom is 0.339 e. The van der Waals surface area contributed by atoms with E-state index in [1.807, 2.05) is 136 Å². The highest BCUT2D eigenvalue weighted by atomic mass is 127. The summed E-state index contributed by atoms with van der Waals surface area (Å²) in [7, 11) is 0. The number of hydrogen-bond acceptors (Lipinski definition) is 18. The summed E-state index contributed by atoms with van der Waals surface area (Å²) in [6.45, 7) is -0.802. The van der Waals surface area contributed by atoms with Gasteiger partial charge in [0, 0.05) is 64.3 Å². The lowest BCUT2D eigenvalue weighted by molar-refractivity contribution is -0.177. The van der Waals surface area contributed by atoms with E-state index in [1.54, 1.807) is 72.8 Å². The Balaban J connectivity index is 1.39. The van der Waals surface area contributed by atoms with Gasteiger partial charge in [-0.2, -0.15) is 0 Å². The minimum atomic E-state index is -1.96. The second kappa shape index (κ2) is 40.8. The third kappa shape index (κ3) is 25.4. The van der Waals surface area contributed by atoms with Gasteiger partial charge in [-0.05, 0) is 507 Å². The van der Waals surface area contributed by atoms with Crippen LogP contribution in [-0.2, 0) is 57.0 Å². The van der Waals surface area contributed by atoms with Crippen molar-refractivity contribution in [3.05, 3.63) is 170 Å². The number of carbonyl (C=O) groups is 9. The Morgan fingerprint density at radius 2 is 0.347 bits per heavy atom. The van der Waals surface area contributed by atoms with E-state index >= 15 is 14.4 Å². The van der Waals surface area contributed by atoms with Crippen molar-refractivity contribution in [3.63, 3.8) is 0 Å². The van der Waals surface area contributed by atoms with Crippen LogP contribution in [0.25, 0.3) is 0 Å². The molecule has 0 spiro atoms. The van der Waals surface area contributed by atoms with E-state index < -0.39 is 135 Å². The maximum absolute atomic E-state index is 15.0. The fourth-order valence-corrected chi connectivity index (χ4v) is 21.0. The van der Waals surface area contributed by atoms with Crippen LogP contribution in [0.15, 0.2) is 72.8 Å². The van der Waals surface area contributed by atoms with Gasteiger partial charge in [0.1, 0.15) is 75.7 Å². The van der Waals surface area contributed by atoms with Gasteiger partial charge in [-0.25, -0.2) is 28.8 Å². The molecule has 6 aromatic carbocycles. The molecule has 0 aliphatic rings. The molecule has 0 heterocycles. The van der Waals surface area contributed by atoms with E-state index in [4.69, 9.17) is 42.6 Å². The van der Waals surface area contributed by atoms with Crippen molar-refractivity contribution in [2.24, 2.45) is 21.7 Å². The van der Waals surface area contributed by atoms with Crippen molar-refractivity contribution in [1.82, 2.24) is 0 Å². The molecule has 6 rings (SSSR count). The number of halogens is 18. The Kier molecular flexibility index (Phi) is 37.7. The Morgan fingerprint density at radius 3 is 0.490 bits per heavy atom. The Labute approximate surface area is 808 Å². The summed E-state index contributed by atoms with van der Waals surface area (Å²) in [6, 6.07) is 20.6. The first-order chi connectivity index (χ1) is 45.6. The van der Waals surface area contributed by atoms with E-state index in [-0.39, 0.29) is 33.4 Å². The third-order valence-corrected chi connectivity index (χ3v) is 35.9. The van der Waals surface area contributed by atoms with Gasteiger partial charge in [0.25, 0.3) is 0 Å². The lowest BCUT2D eigenvalue weighted by Crippen LogP contribution is -2.46. The van der Waals surface area contributed by atoms with Crippen LogP contribution >= 0.6 is 407 Å². The molecule has 0 aliphatic heterocycles. The minimum absolute atomic E-state index is 0.202. The number of ether oxygens (including phenoxy) is 9. The van der Waals surface area contributed by atoms with Crippen LogP contribution in [-0.4, -0.2) is 113 Å². The highest BCUT2D eigenvalue weighted by Gasteiger charge is 2.46. The maximum atomic E-state index is 15.0. The zero-order valence-corrected chi connectivity index (χ0v) is 88.8. The average Bonchev–Trinajstić information content (AvgIpc) is 0.870.